The highest BCUT2D eigenvalue weighted by Gasteiger charge is 2.34. The molecule has 0 spiro atoms. The molecule has 2 aromatic rings. The Labute approximate surface area is 157 Å². The van der Waals surface area contributed by atoms with Gasteiger partial charge in [0.15, 0.2) is 5.82 Å². The van der Waals surface area contributed by atoms with Crippen molar-refractivity contribution < 1.29 is 18.5 Å². The van der Waals surface area contributed by atoms with Crippen molar-refractivity contribution in [3.05, 3.63) is 47.0 Å². The second-order valence-corrected chi connectivity index (χ2v) is 7.26. The summed E-state index contributed by atoms with van der Waals surface area (Å²) in [5.41, 5.74) is 1.55. The molecule has 1 heterocycles. The number of hydrogen-bond acceptors (Lipinski definition) is 4. The first kappa shape index (κ1) is 19.1. The molecule has 1 fully saturated rings. The van der Waals surface area contributed by atoms with E-state index in [0.717, 1.165) is 18.4 Å². The van der Waals surface area contributed by atoms with Crippen molar-refractivity contribution in [1.82, 2.24) is 10.5 Å². The zero-order chi connectivity index (χ0) is 19.6. The van der Waals surface area contributed by atoms with Crippen LogP contribution in [0.1, 0.15) is 49.0 Å². The Bertz CT molecular complexity index is 845. The molecule has 2 N–H and O–H groups in total. The summed E-state index contributed by atoms with van der Waals surface area (Å²) in [6.45, 7) is 5.07. The van der Waals surface area contributed by atoms with Crippen LogP contribution in [0.4, 0.5) is 10.2 Å². The molecule has 1 aromatic heterocycles. The minimum atomic E-state index is -0.704. The van der Waals surface area contributed by atoms with Crippen molar-refractivity contribution in [3.8, 4) is 0 Å². The number of nitrogens with one attached hydrogen (secondary N) is 2. The number of rotatable bonds is 7. The molecule has 2 atom stereocenters. The summed E-state index contributed by atoms with van der Waals surface area (Å²) in [6, 6.07) is 5.92. The van der Waals surface area contributed by atoms with Crippen molar-refractivity contribution in [2.24, 2.45) is 5.92 Å². The minimum Gasteiger partial charge on any atom is -0.360 e. The largest absolute Gasteiger partial charge is 0.360 e. The number of aryl methyl sites for hydroxylation is 2. The Balaban J connectivity index is 1.59. The Kier molecular flexibility index (Phi) is 5.58. The predicted molar refractivity (Wildman–Crippen MR) is 98.7 cm³/mol. The highest BCUT2D eigenvalue weighted by Crippen LogP contribution is 2.44. The van der Waals surface area contributed by atoms with Gasteiger partial charge in [-0.1, -0.05) is 17.3 Å². The summed E-state index contributed by atoms with van der Waals surface area (Å²) in [7, 11) is 0. The van der Waals surface area contributed by atoms with E-state index in [1.807, 2.05) is 6.07 Å². The van der Waals surface area contributed by atoms with Crippen LogP contribution < -0.4 is 10.6 Å². The van der Waals surface area contributed by atoms with Gasteiger partial charge in [0.2, 0.25) is 11.8 Å². The fourth-order valence-electron chi connectivity index (χ4n) is 3.18. The summed E-state index contributed by atoms with van der Waals surface area (Å²) < 4.78 is 18.4. The van der Waals surface area contributed by atoms with Crippen LogP contribution in [0.3, 0.4) is 0 Å². The Morgan fingerprint density at radius 3 is 2.63 bits per heavy atom. The lowest BCUT2D eigenvalue weighted by molar-refractivity contribution is -0.126. The molecule has 0 radical (unpaired) electrons. The number of carbonyl (C=O) groups is 2. The van der Waals surface area contributed by atoms with Crippen LogP contribution in [0.25, 0.3) is 0 Å². The lowest BCUT2D eigenvalue weighted by atomic mass is 9.89. The van der Waals surface area contributed by atoms with Gasteiger partial charge in [-0.05, 0) is 62.6 Å². The van der Waals surface area contributed by atoms with Crippen LogP contribution >= 0.6 is 0 Å². The monoisotopic (exact) mass is 373 g/mol. The molecule has 0 aliphatic heterocycles. The van der Waals surface area contributed by atoms with E-state index in [4.69, 9.17) is 4.52 Å². The maximum absolute atomic E-state index is 13.5. The first-order chi connectivity index (χ1) is 12.8. The minimum absolute atomic E-state index is 0.0396. The number of carbonyl (C=O) groups excluding carboxylic acids is 2. The maximum atomic E-state index is 13.5. The second-order valence-electron chi connectivity index (χ2n) is 7.26. The van der Waals surface area contributed by atoms with E-state index < -0.39 is 6.04 Å². The third-order valence-corrected chi connectivity index (χ3v) is 4.86. The van der Waals surface area contributed by atoms with E-state index in [9.17, 15) is 14.0 Å². The van der Waals surface area contributed by atoms with E-state index in [1.165, 1.54) is 6.07 Å². The van der Waals surface area contributed by atoms with Gasteiger partial charge in [-0.2, -0.15) is 0 Å². The molecular formula is C20H24FN3O3. The molecule has 1 aliphatic carbocycles. The van der Waals surface area contributed by atoms with Crippen LogP contribution in [0.15, 0.2) is 28.8 Å². The summed E-state index contributed by atoms with van der Waals surface area (Å²) in [5, 5.41) is 9.04. The number of aromatic nitrogens is 1. The quantitative estimate of drug-likeness (QED) is 0.778. The lowest BCUT2D eigenvalue weighted by Gasteiger charge is -2.19. The number of halogens is 1. The molecule has 1 saturated carbocycles. The highest BCUT2D eigenvalue weighted by molar-refractivity contribution is 5.96. The normalized spacial score (nSPS) is 15.9. The highest BCUT2D eigenvalue weighted by atomic mass is 19.1. The molecule has 1 aromatic carbocycles. The number of nitrogens with zero attached hydrogens (tertiary/aromatic N) is 1. The molecule has 7 heteroatoms. The average molecular weight is 373 g/mol. The molecule has 1 unspecified atom stereocenters. The van der Waals surface area contributed by atoms with Gasteiger partial charge < -0.3 is 15.2 Å². The summed E-state index contributed by atoms with van der Waals surface area (Å²) in [4.78, 5) is 24.7. The van der Waals surface area contributed by atoms with E-state index in [2.05, 4.69) is 15.8 Å². The van der Waals surface area contributed by atoms with Crippen molar-refractivity contribution in [2.45, 2.75) is 52.0 Å². The van der Waals surface area contributed by atoms with E-state index in [0.29, 0.717) is 23.1 Å². The maximum Gasteiger partial charge on any atom is 0.247 e. The summed E-state index contributed by atoms with van der Waals surface area (Å²) in [6.07, 6.45) is 2.41. The zero-order valence-electron chi connectivity index (χ0n) is 15.7. The number of benzene rings is 1. The van der Waals surface area contributed by atoms with Gasteiger partial charge in [0.05, 0.1) is 0 Å². The van der Waals surface area contributed by atoms with Crippen LogP contribution in [-0.2, 0) is 9.59 Å². The zero-order valence-corrected chi connectivity index (χ0v) is 15.7. The predicted octanol–water partition coefficient (Wildman–Crippen LogP) is 3.46. The Morgan fingerprint density at radius 2 is 2.04 bits per heavy atom. The SMILES string of the molecule is Cc1cc(NC(=O)[C@H](C)NC(=O)CC(c2ccc(F)c(C)c2)C2CC2)no1. The third kappa shape index (κ3) is 4.93. The van der Waals surface area contributed by atoms with Crippen molar-refractivity contribution in [2.75, 3.05) is 5.32 Å². The molecule has 3 rings (SSSR count). The number of hydrogen-bond donors (Lipinski definition) is 2. The van der Waals surface area contributed by atoms with Crippen LogP contribution in [-0.4, -0.2) is 23.0 Å². The lowest BCUT2D eigenvalue weighted by Crippen LogP contribution is -2.42. The van der Waals surface area contributed by atoms with Crippen LogP contribution in [0.5, 0.6) is 0 Å². The van der Waals surface area contributed by atoms with Gasteiger partial charge in [-0.3, -0.25) is 9.59 Å². The van der Waals surface area contributed by atoms with E-state index >= 15 is 0 Å². The van der Waals surface area contributed by atoms with Crippen molar-refractivity contribution >= 4 is 17.6 Å². The summed E-state index contributed by atoms with van der Waals surface area (Å²) >= 11 is 0. The molecule has 0 bridgehead atoms. The van der Waals surface area contributed by atoms with Crippen LogP contribution in [0.2, 0.25) is 0 Å². The van der Waals surface area contributed by atoms with Gasteiger partial charge in [-0.25, -0.2) is 4.39 Å². The molecule has 2 amide bonds. The van der Waals surface area contributed by atoms with E-state index in [1.54, 1.807) is 32.9 Å². The third-order valence-electron chi connectivity index (χ3n) is 4.86. The molecule has 0 saturated heterocycles. The Morgan fingerprint density at radius 1 is 1.30 bits per heavy atom. The topological polar surface area (TPSA) is 84.2 Å². The molecular weight excluding hydrogens is 349 g/mol. The Hall–Kier alpha value is -2.70. The van der Waals surface area contributed by atoms with Gasteiger partial charge in [0.25, 0.3) is 0 Å². The first-order valence-corrected chi connectivity index (χ1v) is 9.13. The number of amides is 2. The van der Waals surface area contributed by atoms with Gasteiger partial charge >= 0.3 is 0 Å². The van der Waals surface area contributed by atoms with Gasteiger partial charge in [0.1, 0.15) is 17.6 Å². The van der Waals surface area contributed by atoms with Gasteiger partial charge in [-0.15, -0.1) is 0 Å². The van der Waals surface area contributed by atoms with Gasteiger partial charge in [0, 0.05) is 12.5 Å². The second kappa shape index (κ2) is 7.90. The molecule has 144 valence electrons. The fourth-order valence-corrected chi connectivity index (χ4v) is 3.18. The smallest absolute Gasteiger partial charge is 0.247 e. The standard InChI is InChI=1S/C20H24FN3O3/c1-11-8-15(6-7-17(11)21)16(14-4-5-14)10-19(25)22-13(3)20(26)23-18-9-12(2)27-24-18/h6-9,13-14,16H,4-5,10H2,1-3H3,(H,22,25)(H,23,24,26)/t13-,16?/m0/s1. The first-order valence-electron chi connectivity index (χ1n) is 9.13. The van der Waals surface area contributed by atoms with E-state index in [-0.39, 0.29) is 30.0 Å². The molecule has 1 aliphatic rings. The van der Waals surface area contributed by atoms with Crippen molar-refractivity contribution in [1.29, 1.82) is 0 Å². The summed E-state index contributed by atoms with van der Waals surface area (Å²) in [5.74, 6) is 0.567. The fraction of sp³-hybridized carbons (Fsp3) is 0.450. The molecule has 27 heavy (non-hydrogen) atoms. The molecule has 6 nitrogen and oxygen atoms in total. The van der Waals surface area contributed by atoms with Crippen LogP contribution in [0, 0.1) is 25.6 Å². The average Bonchev–Trinajstić information content (AvgIpc) is 3.37. The van der Waals surface area contributed by atoms with Crippen molar-refractivity contribution in [3.63, 3.8) is 0 Å². The number of anilines is 1.